The third-order valence-corrected chi connectivity index (χ3v) is 15.4. The first-order valence-corrected chi connectivity index (χ1v) is 22.6. The minimum Gasteiger partial charge on any atom is -0.497 e. The summed E-state index contributed by atoms with van der Waals surface area (Å²) in [5.41, 5.74) is 0.0914. The number of rotatable bonds is 8. The number of hydrogen-bond acceptors (Lipinski definition) is 10. The number of nitrogens with one attached hydrogen (secondary N) is 2. The normalized spacial score (nSPS) is 30.1. The number of carbonyl (C=O) groups is 4. The Balaban J connectivity index is 1.14. The third kappa shape index (κ3) is 7.93. The summed E-state index contributed by atoms with van der Waals surface area (Å²) in [7, 11) is -2.35. The summed E-state index contributed by atoms with van der Waals surface area (Å²) in [5.74, 6) is -1.58. The molecule has 1 spiro atoms. The molecule has 3 saturated carbocycles. The smallest absolute Gasteiger partial charge is 0.306 e. The highest BCUT2D eigenvalue weighted by molar-refractivity contribution is 7.91. The Kier molecular flexibility index (Phi) is 10.4. The Bertz CT molecular complexity index is 2160. The van der Waals surface area contributed by atoms with Crippen LogP contribution in [0.3, 0.4) is 0 Å². The number of esters is 1. The predicted molar refractivity (Wildman–Crippen MR) is 216 cm³/mol. The molecule has 2 aromatic rings. The zero-order chi connectivity index (χ0) is 41.3. The van der Waals surface area contributed by atoms with E-state index in [4.69, 9.17) is 19.2 Å². The molecule has 14 heteroatoms. The molecule has 3 aliphatic carbocycles. The van der Waals surface area contributed by atoms with Crippen molar-refractivity contribution in [3.63, 3.8) is 0 Å². The first-order chi connectivity index (χ1) is 27.5. The second kappa shape index (κ2) is 14.8. The fourth-order valence-electron chi connectivity index (χ4n) is 8.98. The number of hydrogen-bond donors (Lipinski definition) is 2. The SMILES string of the molecule is COc1ccc2nc(C3CC3)c3c(c2c1)CC[C@]1(C[C@H]2C(=O)N[C@]4(C(=O)NS(=O)(=O)C5(C)CC5)C[C@H]4/C=C\CCCCC[C@H](CC(=O)OCC(C)(C)C)C(=O)N2C1)O3. The highest BCUT2D eigenvalue weighted by atomic mass is 32.2. The molecule has 6 aliphatic rings. The number of pyridine rings is 1. The van der Waals surface area contributed by atoms with Crippen molar-refractivity contribution in [3.05, 3.63) is 41.6 Å². The van der Waals surface area contributed by atoms with Gasteiger partial charge in [-0.05, 0) is 94.7 Å². The molecular formula is C44H58N4O9S. The van der Waals surface area contributed by atoms with Gasteiger partial charge in [0.15, 0.2) is 0 Å². The molecule has 3 amide bonds. The summed E-state index contributed by atoms with van der Waals surface area (Å²) in [5, 5.41) is 3.94. The maximum atomic E-state index is 14.9. The molecule has 8 rings (SSSR count). The van der Waals surface area contributed by atoms with Crippen LogP contribution in [-0.2, 0) is 40.4 Å². The number of aryl methyl sites for hydroxylation is 1. The number of benzene rings is 1. The Morgan fingerprint density at radius 2 is 1.84 bits per heavy atom. The van der Waals surface area contributed by atoms with Crippen LogP contribution >= 0.6 is 0 Å². The van der Waals surface area contributed by atoms with E-state index in [1.54, 1.807) is 18.9 Å². The number of sulfonamides is 1. The van der Waals surface area contributed by atoms with Gasteiger partial charge in [-0.2, -0.15) is 0 Å². The number of ether oxygens (including phenoxy) is 3. The fourth-order valence-corrected chi connectivity index (χ4v) is 10.3. The first-order valence-electron chi connectivity index (χ1n) is 21.2. The van der Waals surface area contributed by atoms with Crippen molar-refractivity contribution in [2.45, 2.75) is 145 Å². The van der Waals surface area contributed by atoms with Crippen molar-refractivity contribution in [1.82, 2.24) is 19.9 Å². The van der Waals surface area contributed by atoms with Crippen LogP contribution in [0.15, 0.2) is 30.4 Å². The van der Waals surface area contributed by atoms with Crippen molar-refractivity contribution >= 4 is 44.6 Å². The highest BCUT2D eigenvalue weighted by Gasteiger charge is 2.64. The van der Waals surface area contributed by atoms with Gasteiger partial charge in [0.1, 0.15) is 28.7 Å². The molecule has 58 heavy (non-hydrogen) atoms. The number of carbonyl (C=O) groups excluding carboxylic acids is 4. The monoisotopic (exact) mass is 818 g/mol. The van der Waals surface area contributed by atoms with Gasteiger partial charge in [-0.1, -0.05) is 45.8 Å². The molecule has 4 fully saturated rings. The van der Waals surface area contributed by atoms with E-state index in [-0.39, 0.29) is 49.7 Å². The highest BCUT2D eigenvalue weighted by Crippen LogP contribution is 2.52. The zero-order valence-electron chi connectivity index (χ0n) is 34.5. The molecule has 3 aliphatic heterocycles. The van der Waals surface area contributed by atoms with Crippen LogP contribution in [0.4, 0.5) is 0 Å². The van der Waals surface area contributed by atoms with Gasteiger partial charge in [0.25, 0.3) is 5.91 Å². The lowest BCUT2D eigenvalue weighted by Crippen LogP contribution is -2.57. The molecule has 4 heterocycles. The van der Waals surface area contributed by atoms with Crippen LogP contribution in [0.5, 0.6) is 11.5 Å². The van der Waals surface area contributed by atoms with Gasteiger partial charge in [-0.15, -0.1) is 0 Å². The molecule has 314 valence electrons. The second-order valence-electron chi connectivity index (χ2n) is 19.3. The lowest BCUT2D eigenvalue weighted by Gasteiger charge is -2.37. The Morgan fingerprint density at radius 3 is 2.55 bits per heavy atom. The minimum absolute atomic E-state index is 0.104. The molecule has 5 atom stereocenters. The predicted octanol–water partition coefficient (Wildman–Crippen LogP) is 5.77. The molecule has 1 saturated heterocycles. The van der Waals surface area contributed by atoms with Gasteiger partial charge in [0, 0.05) is 35.1 Å². The van der Waals surface area contributed by atoms with Crippen molar-refractivity contribution in [1.29, 1.82) is 0 Å². The molecule has 2 N–H and O–H groups in total. The van der Waals surface area contributed by atoms with Crippen LogP contribution in [0.2, 0.25) is 0 Å². The van der Waals surface area contributed by atoms with E-state index in [0.717, 1.165) is 54.3 Å². The molecule has 13 nitrogen and oxygen atoms in total. The van der Waals surface area contributed by atoms with Crippen LogP contribution in [-0.4, -0.2) is 84.2 Å². The Hall–Kier alpha value is -4.20. The molecular weight excluding hydrogens is 761 g/mol. The lowest BCUT2D eigenvalue weighted by atomic mass is 9.86. The maximum absolute atomic E-state index is 14.9. The van der Waals surface area contributed by atoms with Gasteiger partial charge in [0.05, 0.1) is 42.6 Å². The standard InChI is InChI=1S/C44H58N4O9S/c1-41(2,3)26-56-35(49)21-28-11-9-7-6-8-10-12-29-23-44(29,40(52)47-58(53,54)42(4)19-20-42)46-38(50)34-24-43(25-48(34)39(28)51)18-17-31-32-22-30(55-5)15-16-33(32)45-36(27-13-14-27)37(31)57-43/h10,12,15-16,22,27-29,34H,6-9,11,13-14,17-21,23-26H2,1-5H3,(H,46,50)(H,47,52)/b12-10-/t28-,29-,34+,43-,44-/m1/s1. The molecule has 0 bridgehead atoms. The van der Waals surface area contributed by atoms with E-state index in [0.29, 0.717) is 50.0 Å². The van der Waals surface area contributed by atoms with E-state index in [9.17, 15) is 27.6 Å². The average Bonchev–Trinajstić information content (AvgIpc) is 4.11. The topological polar surface area (TPSA) is 170 Å². The summed E-state index contributed by atoms with van der Waals surface area (Å²) in [6.45, 7) is 7.85. The Morgan fingerprint density at radius 1 is 1.07 bits per heavy atom. The van der Waals surface area contributed by atoms with E-state index in [1.807, 2.05) is 51.1 Å². The van der Waals surface area contributed by atoms with Crippen LogP contribution < -0.4 is 19.5 Å². The van der Waals surface area contributed by atoms with Gasteiger partial charge >= 0.3 is 5.97 Å². The van der Waals surface area contributed by atoms with Crippen molar-refractivity contribution in [3.8, 4) is 11.5 Å². The molecule has 0 unspecified atom stereocenters. The van der Waals surface area contributed by atoms with Crippen molar-refractivity contribution < 1.29 is 41.8 Å². The van der Waals surface area contributed by atoms with E-state index >= 15 is 0 Å². The summed E-state index contributed by atoms with van der Waals surface area (Å²) in [4.78, 5) is 63.8. The number of aromatic nitrogens is 1. The third-order valence-electron chi connectivity index (χ3n) is 13.2. The quantitative estimate of drug-likeness (QED) is 0.246. The van der Waals surface area contributed by atoms with Crippen molar-refractivity contribution in [2.24, 2.45) is 17.3 Å². The summed E-state index contributed by atoms with van der Waals surface area (Å²) >= 11 is 0. The van der Waals surface area contributed by atoms with Gasteiger partial charge < -0.3 is 24.4 Å². The van der Waals surface area contributed by atoms with Crippen LogP contribution in [0, 0.1) is 17.3 Å². The van der Waals surface area contributed by atoms with E-state index in [2.05, 4.69) is 10.0 Å². The largest absolute Gasteiger partial charge is 0.497 e. The van der Waals surface area contributed by atoms with Crippen LogP contribution in [0.1, 0.15) is 128 Å². The number of fused-ring (bicyclic) bond motifs is 5. The number of amides is 3. The van der Waals surface area contributed by atoms with Crippen molar-refractivity contribution in [2.75, 3.05) is 20.3 Å². The number of methoxy groups -OCH3 is 1. The summed E-state index contributed by atoms with van der Waals surface area (Å²) in [6.07, 6.45) is 11.7. The minimum atomic E-state index is -3.98. The molecule has 1 aromatic heterocycles. The second-order valence-corrected chi connectivity index (χ2v) is 21.5. The maximum Gasteiger partial charge on any atom is 0.306 e. The molecule has 1 aromatic carbocycles. The fraction of sp³-hybridized carbons (Fsp3) is 0.659. The summed E-state index contributed by atoms with van der Waals surface area (Å²) in [6, 6.07) is 4.81. The molecule has 0 radical (unpaired) electrons. The number of allylic oxidation sites excluding steroid dienone is 1. The lowest BCUT2D eigenvalue weighted by molar-refractivity contribution is -0.152. The summed E-state index contributed by atoms with van der Waals surface area (Å²) < 4.78 is 46.2. The average molecular weight is 819 g/mol. The van der Waals surface area contributed by atoms with Gasteiger partial charge in [-0.25, -0.2) is 13.4 Å². The number of nitrogens with zero attached hydrogens (tertiary/aromatic N) is 2. The van der Waals surface area contributed by atoms with Crippen LogP contribution in [0.25, 0.3) is 10.9 Å². The Labute approximate surface area is 341 Å². The van der Waals surface area contributed by atoms with E-state index in [1.165, 1.54) is 0 Å². The van der Waals surface area contributed by atoms with Gasteiger partial charge in [-0.3, -0.25) is 23.9 Å². The van der Waals surface area contributed by atoms with E-state index < -0.39 is 61.6 Å². The van der Waals surface area contributed by atoms with Gasteiger partial charge in [0.2, 0.25) is 21.8 Å². The first kappa shape index (κ1) is 40.6. The zero-order valence-corrected chi connectivity index (χ0v) is 35.3.